The third-order valence-corrected chi connectivity index (χ3v) is 4.01. The molecule has 1 atom stereocenters. The second-order valence-electron chi connectivity index (χ2n) is 5.25. The molecule has 3 heteroatoms. The highest BCUT2D eigenvalue weighted by molar-refractivity contribution is 6.32. The van der Waals surface area contributed by atoms with E-state index >= 15 is 0 Å². The van der Waals surface area contributed by atoms with Crippen LogP contribution in [0.3, 0.4) is 0 Å². The van der Waals surface area contributed by atoms with Crippen LogP contribution in [0, 0.1) is 12.3 Å². The molecule has 0 amide bonds. The Morgan fingerprint density at radius 3 is 2.44 bits per heavy atom. The summed E-state index contributed by atoms with van der Waals surface area (Å²) in [6.45, 7) is 5.89. The van der Waals surface area contributed by atoms with Crippen molar-refractivity contribution in [1.29, 1.82) is 0 Å². The van der Waals surface area contributed by atoms with E-state index in [0.29, 0.717) is 11.4 Å². The molecule has 1 saturated carbocycles. The van der Waals surface area contributed by atoms with E-state index < -0.39 is 11.4 Å². The summed E-state index contributed by atoms with van der Waals surface area (Å²) in [5.74, 6) is -0.773. The molecular weight excluding hydrogens is 224 g/mol. The molecule has 2 rings (SSSR count). The van der Waals surface area contributed by atoms with Crippen LogP contribution in [0.25, 0.3) is 0 Å². The van der Waals surface area contributed by atoms with Gasteiger partial charge in [-0.05, 0) is 30.4 Å². The van der Waals surface area contributed by atoms with Crippen molar-refractivity contribution in [1.82, 2.24) is 0 Å². The maximum atomic E-state index is 11.5. The van der Waals surface area contributed by atoms with Gasteiger partial charge in [0.15, 0.2) is 0 Å². The lowest BCUT2D eigenvalue weighted by molar-refractivity contribution is -0.141. The number of rotatable bonds is 2. The predicted octanol–water partition coefficient (Wildman–Crippen LogP) is 3.40. The largest absolute Gasteiger partial charge is 0.481 e. The summed E-state index contributed by atoms with van der Waals surface area (Å²) in [5, 5.41) is 10.0. The Bertz CT molecular complexity index is 465. The molecule has 0 radical (unpaired) electrons. The molecule has 0 aromatic heterocycles. The van der Waals surface area contributed by atoms with Gasteiger partial charge in [0.05, 0.1) is 5.41 Å². The van der Waals surface area contributed by atoms with Gasteiger partial charge in [-0.3, -0.25) is 4.79 Å². The molecule has 0 saturated heterocycles. The number of aliphatic carboxylic acids is 1. The maximum Gasteiger partial charge on any atom is 0.314 e. The van der Waals surface area contributed by atoms with Gasteiger partial charge in [0.1, 0.15) is 0 Å². The van der Waals surface area contributed by atoms with E-state index in [1.54, 1.807) is 6.07 Å². The first-order valence-corrected chi connectivity index (χ1v) is 5.69. The van der Waals surface area contributed by atoms with Crippen molar-refractivity contribution < 1.29 is 9.90 Å². The van der Waals surface area contributed by atoms with Gasteiger partial charge in [-0.25, -0.2) is 0 Å². The summed E-state index contributed by atoms with van der Waals surface area (Å²) >= 11 is 6.13. The molecule has 16 heavy (non-hydrogen) atoms. The summed E-state index contributed by atoms with van der Waals surface area (Å²) < 4.78 is 0. The molecule has 1 N–H and O–H groups in total. The van der Waals surface area contributed by atoms with Crippen molar-refractivity contribution in [3.8, 4) is 0 Å². The van der Waals surface area contributed by atoms with Crippen molar-refractivity contribution in [2.45, 2.75) is 32.6 Å². The lowest BCUT2D eigenvalue weighted by Crippen LogP contribution is -2.26. The highest BCUT2D eigenvalue weighted by atomic mass is 35.5. The van der Waals surface area contributed by atoms with Gasteiger partial charge in [-0.1, -0.05) is 43.1 Å². The van der Waals surface area contributed by atoms with Crippen LogP contribution in [0.2, 0.25) is 5.02 Å². The molecule has 0 bridgehead atoms. The van der Waals surface area contributed by atoms with Gasteiger partial charge in [0.2, 0.25) is 0 Å². The van der Waals surface area contributed by atoms with Crippen LogP contribution in [-0.4, -0.2) is 11.1 Å². The number of carbonyl (C=O) groups is 1. The zero-order valence-corrected chi connectivity index (χ0v) is 10.4. The van der Waals surface area contributed by atoms with Gasteiger partial charge in [0.25, 0.3) is 0 Å². The van der Waals surface area contributed by atoms with Gasteiger partial charge in [-0.15, -0.1) is 0 Å². The van der Waals surface area contributed by atoms with Crippen molar-refractivity contribution in [3.05, 3.63) is 34.3 Å². The monoisotopic (exact) mass is 238 g/mol. The summed E-state index contributed by atoms with van der Waals surface area (Å²) in [4.78, 5) is 11.5. The molecule has 1 aliphatic carbocycles. The van der Waals surface area contributed by atoms with Crippen LogP contribution >= 0.6 is 11.6 Å². The second-order valence-corrected chi connectivity index (χ2v) is 5.66. The Balaban J connectivity index is 2.59. The number of hydrogen-bond donors (Lipinski definition) is 1. The minimum absolute atomic E-state index is 0.212. The van der Waals surface area contributed by atoms with Crippen LogP contribution in [0.5, 0.6) is 0 Å². The lowest BCUT2D eigenvalue weighted by atomic mass is 9.87. The van der Waals surface area contributed by atoms with Crippen molar-refractivity contribution >= 4 is 17.6 Å². The molecule has 0 aliphatic heterocycles. The van der Waals surface area contributed by atoms with E-state index in [0.717, 1.165) is 11.1 Å². The molecule has 2 nitrogen and oxygen atoms in total. The fourth-order valence-corrected chi connectivity index (χ4v) is 2.80. The average molecular weight is 239 g/mol. The van der Waals surface area contributed by atoms with Gasteiger partial charge in [-0.2, -0.15) is 0 Å². The van der Waals surface area contributed by atoms with Gasteiger partial charge >= 0.3 is 5.97 Å². The molecule has 1 aliphatic rings. The number of carboxylic acids is 1. The summed E-state index contributed by atoms with van der Waals surface area (Å²) in [6.07, 6.45) is 0.651. The fourth-order valence-electron chi connectivity index (χ4n) is 2.52. The van der Waals surface area contributed by atoms with Gasteiger partial charge in [0, 0.05) is 5.02 Å². The van der Waals surface area contributed by atoms with E-state index in [-0.39, 0.29) is 5.41 Å². The van der Waals surface area contributed by atoms with Crippen molar-refractivity contribution in [2.24, 2.45) is 5.41 Å². The first-order valence-electron chi connectivity index (χ1n) is 5.31. The maximum absolute atomic E-state index is 11.5. The zero-order chi connectivity index (χ0) is 12.1. The van der Waals surface area contributed by atoms with Crippen molar-refractivity contribution in [3.63, 3.8) is 0 Å². The molecular formula is C13H15ClO2. The zero-order valence-electron chi connectivity index (χ0n) is 9.67. The Morgan fingerprint density at radius 2 is 2.00 bits per heavy atom. The molecule has 0 heterocycles. The van der Waals surface area contributed by atoms with Crippen LogP contribution in [0.1, 0.15) is 31.4 Å². The first kappa shape index (κ1) is 11.5. The molecule has 1 unspecified atom stereocenters. The van der Waals surface area contributed by atoms with Gasteiger partial charge < -0.3 is 5.11 Å². The van der Waals surface area contributed by atoms with E-state index in [9.17, 15) is 9.90 Å². The third-order valence-electron chi connectivity index (χ3n) is 3.68. The quantitative estimate of drug-likeness (QED) is 0.858. The van der Waals surface area contributed by atoms with Crippen LogP contribution in [0.4, 0.5) is 0 Å². The minimum atomic E-state index is -0.796. The van der Waals surface area contributed by atoms with E-state index in [4.69, 9.17) is 11.6 Å². The minimum Gasteiger partial charge on any atom is -0.481 e. The second kappa shape index (κ2) is 3.24. The van der Waals surface area contributed by atoms with Crippen LogP contribution in [0.15, 0.2) is 18.2 Å². The van der Waals surface area contributed by atoms with E-state index in [2.05, 4.69) is 0 Å². The number of hydrogen-bond acceptors (Lipinski definition) is 1. The number of aryl methyl sites for hydroxylation is 1. The Morgan fingerprint density at radius 1 is 1.44 bits per heavy atom. The first-order chi connectivity index (χ1) is 7.31. The Kier molecular flexibility index (Phi) is 2.32. The van der Waals surface area contributed by atoms with Crippen molar-refractivity contribution in [2.75, 3.05) is 0 Å². The number of benzene rings is 1. The van der Waals surface area contributed by atoms with E-state index in [1.807, 2.05) is 32.9 Å². The molecule has 1 fully saturated rings. The molecule has 0 spiro atoms. The van der Waals surface area contributed by atoms with Crippen LogP contribution in [-0.2, 0) is 10.2 Å². The topological polar surface area (TPSA) is 37.3 Å². The molecule has 1 aromatic rings. The summed E-state index contributed by atoms with van der Waals surface area (Å²) in [5.41, 5.74) is 0.793. The number of carboxylic acid groups (broad SMARTS) is 1. The standard InChI is InChI=1S/C13H15ClO2/c1-8-4-5-10(14)9(6-8)13(11(15)16)7-12(13,2)3/h4-6H,7H2,1-3H3,(H,15,16). The Hall–Kier alpha value is -1.02. The highest BCUT2D eigenvalue weighted by Crippen LogP contribution is 2.65. The molecule has 86 valence electrons. The number of halogens is 1. The third kappa shape index (κ3) is 1.36. The SMILES string of the molecule is Cc1ccc(Cl)c(C2(C(=O)O)CC2(C)C)c1. The van der Waals surface area contributed by atoms with Crippen LogP contribution < -0.4 is 0 Å². The highest BCUT2D eigenvalue weighted by Gasteiger charge is 2.68. The fraction of sp³-hybridized carbons (Fsp3) is 0.462. The van der Waals surface area contributed by atoms with E-state index in [1.165, 1.54) is 0 Å². The summed E-state index contributed by atoms with van der Waals surface area (Å²) in [7, 11) is 0. The average Bonchev–Trinajstić information content (AvgIpc) is 2.75. The normalized spacial score (nSPS) is 26.5. The molecule has 1 aromatic carbocycles. The smallest absolute Gasteiger partial charge is 0.314 e. The Labute approximate surface area is 100 Å². The predicted molar refractivity (Wildman–Crippen MR) is 63.9 cm³/mol. The summed E-state index contributed by atoms with van der Waals surface area (Å²) in [6, 6.07) is 5.58. The lowest BCUT2D eigenvalue weighted by Gasteiger charge is -2.18.